The van der Waals surface area contributed by atoms with E-state index in [2.05, 4.69) is 4.98 Å². The number of ketones is 1. The zero-order valence-corrected chi connectivity index (χ0v) is 15.2. The summed E-state index contributed by atoms with van der Waals surface area (Å²) in [7, 11) is 3.28. The Morgan fingerprint density at radius 3 is 2.50 bits per heavy atom. The molecule has 0 aliphatic heterocycles. The minimum atomic E-state index is -0.190. The third-order valence-electron chi connectivity index (χ3n) is 4.00. The van der Waals surface area contributed by atoms with Gasteiger partial charge in [-0.2, -0.15) is 0 Å². The number of hydrogen-bond acceptors (Lipinski definition) is 3. The molecular weight excluding hydrogens is 328 g/mol. The van der Waals surface area contributed by atoms with Crippen molar-refractivity contribution in [2.24, 2.45) is 0 Å². The number of aryl methyl sites for hydroxylation is 1. The van der Waals surface area contributed by atoms with Gasteiger partial charge in [0.15, 0.2) is 5.78 Å². The van der Waals surface area contributed by atoms with Crippen LogP contribution in [0.5, 0.6) is 5.75 Å². The molecule has 6 heteroatoms. The van der Waals surface area contributed by atoms with Crippen LogP contribution in [0.25, 0.3) is 0 Å². The van der Waals surface area contributed by atoms with E-state index in [1.54, 1.807) is 51.1 Å². The molecule has 0 fully saturated rings. The van der Waals surface area contributed by atoms with Crippen molar-refractivity contribution >= 4 is 23.3 Å². The van der Waals surface area contributed by atoms with Gasteiger partial charge < -0.3 is 14.6 Å². The van der Waals surface area contributed by atoms with Crippen molar-refractivity contribution in [3.8, 4) is 5.75 Å². The van der Waals surface area contributed by atoms with Crippen LogP contribution in [0.3, 0.4) is 0 Å². The molecular formula is C18H21ClN2O3. The lowest BCUT2D eigenvalue weighted by Gasteiger charge is -2.19. The summed E-state index contributed by atoms with van der Waals surface area (Å²) in [6.45, 7) is 5.41. The number of carbonyl (C=O) groups is 2. The summed E-state index contributed by atoms with van der Waals surface area (Å²) in [5.41, 5.74) is 3.20. The summed E-state index contributed by atoms with van der Waals surface area (Å²) in [4.78, 5) is 29.1. The van der Waals surface area contributed by atoms with E-state index in [9.17, 15) is 9.59 Å². The van der Waals surface area contributed by atoms with Gasteiger partial charge in [0.05, 0.1) is 7.11 Å². The van der Waals surface area contributed by atoms with Gasteiger partial charge in [-0.15, -0.1) is 0 Å². The zero-order valence-electron chi connectivity index (χ0n) is 14.5. The summed E-state index contributed by atoms with van der Waals surface area (Å²) in [6.07, 6.45) is 0. The molecule has 0 atom stereocenters. The molecule has 0 bridgehead atoms. The summed E-state index contributed by atoms with van der Waals surface area (Å²) < 4.78 is 5.32. The van der Waals surface area contributed by atoms with Gasteiger partial charge >= 0.3 is 0 Å². The number of amides is 1. The molecule has 0 saturated carbocycles. The van der Waals surface area contributed by atoms with Gasteiger partial charge in [-0.25, -0.2) is 0 Å². The molecule has 2 rings (SSSR count). The van der Waals surface area contributed by atoms with Crippen molar-refractivity contribution in [3.63, 3.8) is 0 Å². The third kappa shape index (κ3) is 3.46. The highest BCUT2D eigenvalue weighted by atomic mass is 35.5. The lowest BCUT2D eigenvalue weighted by molar-refractivity contribution is 0.0778. The molecule has 5 nitrogen and oxygen atoms in total. The monoisotopic (exact) mass is 348 g/mol. The minimum absolute atomic E-state index is 0.0561. The SMILES string of the molecule is COc1ccc(Cl)cc1CN(C)C(=O)c1[nH]c(C)c(C(C)=O)c1C. The van der Waals surface area contributed by atoms with Crippen LogP contribution < -0.4 is 4.74 Å². The highest BCUT2D eigenvalue weighted by Gasteiger charge is 2.22. The Morgan fingerprint density at radius 2 is 1.96 bits per heavy atom. The fourth-order valence-corrected chi connectivity index (χ4v) is 3.08. The summed E-state index contributed by atoms with van der Waals surface area (Å²) in [6, 6.07) is 5.29. The molecule has 0 aliphatic carbocycles. The van der Waals surface area contributed by atoms with Gasteiger partial charge in [-0.05, 0) is 44.5 Å². The molecule has 128 valence electrons. The zero-order chi connectivity index (χ0) is 18.0. The predicted octanol–water partition coefficient (Wildman–Crippen LogP) is 3.77. The number of hydrogen-bond donors (Lipinski definition) is 1. The number of aromatic nitrogens is 1. The molecule has 0 saturated heterocycles. The standard InChI is InChI=1S/C18H21ClN2O3/c1-10-16(12(3)22)11(2)20-17(10)18(23)21(4)9-13-8-14(19)6-7-15(13)24-5/h6-8,20H,9H2,1-5H3. The van der Waals surface area contributed by atoms with Gasteiger partial charge in [0, 0.05) is 35.4 Å². The second kappa shape index (κ2) is 7.09. The maximum atomic E-state index is 12.8. The van der Waals surface area contributed by atoms with Crippen LogP contribution in [0.1, 0.15) is 44.6 Å². The van der Waals surface area contributed by atoms with Gasteiger partial charge in [-0.3, -0.25) is 9.59 Å². The number of Topliss-reactive ketones (excluding diaryl/α,β-unsaturated/α-hetero) is 1. The van der Waals surface area contributed by atoms with Crippen molar-refractivity contribution in [2.45, 2.75) is 27.3 Å². The molecule has 2 aromatic rings. The van der Waals surface area contributed by atoms with Gasteiger partial charge in [0.2, 0.25) is 0 Å². The summed E-state index contributed by atoms with van der Waals surface area (Å²) >= 11 is 6.04. The van der Waals surface area contributed by atoms with E-state index in [4.69, 9.17) is 16.3 Å². The van der Waals surface area contributed by atoms with E-state index in [1.165, 1.54) is 6.92 Å². The highest BCUT2D eigenvalue weighted by Crippen LogP contribution is 2.25. The first-order chi connectivity index (χ1) is 11.3. The molecule has 24 heavy (non-hydrogen) atoms. The van der Waals surface area contributed by atoms with E-state index >= 15 is 0 Å². The minimum Gasteiger partial charge on any atom is -0.496 e. The number of nitrogens with one attached hydrogen (secondary N) is 1. The van der Waals surface area contributed by atoms with Crippen LogP contribution >= 0.6 is 11.6 Å². The highest BCUT2D eigenvalue weighted by molar-refractivity contribution is 6.30. The molecule has 0 spiro atoms. The molecule has 0 unspecified atom stereocenters. The molecule has 1 heterocycles. The molecule has 1 amide bonds. The average Bonchev–Trinajstić information content (AvgIpc) is 2.81. The molecule has 0 aliphatic rings. The van der Waals surface area contributed by atoms with Gasteiger partial charge in [0.1, 0.15) is 11.4 Å². The van der Waals surface area contributed by atoms with Crippen LogP contribution in [-0.4, -0.2) is 35.7 Å². The first kappa shape index (κ1) is 18.1. The number of benzene rings is 1. The van der Waals surface area contributed by atoms with E-state index < -0.39 is 0 Å². The number of methoxy groups -OCH3 is 1. The second-order valence-electron chi connectivity index (χ2n) is 5.80. The number of aromatic amines is 1. The largest absolute Gasteiger partial charge is 0.496 e. The van der Waals surface area contributed by atoms with Crippen LogP contribution in [0.4, 0.5) is 0 Å². The van der Waals surface area contributed by atoms with E-state index in [-0.39, 0.29) is 11.7 Å². The number of rotatable bonds is 5. The fraction of sp³-hybridized carbons (Fsp3) is 0.333. The van der Waals surface area contributed by atoms with Gasteiger partial charge in [-0.1, -0.05) is 11.6 Å². The average molecular weight is 349 g/mol. The quantitative estimate of drug-likeness (QED) is 0.836. The maximum absolute atomic E-state index is 12.8. The Bertz CT molecular complexity index is 796. The van der Waals surface area contributed by atoms with Crippen molar-refractivity contribution in [2.75, 3.05) is 14.2 Å². The van der Waals surface area contributed by atoms with E-state index in [1.807, 2.05) is 0 Å². The van der Waals surface area contributed by atoms with Crippen LogP contribution in [-0.2, 0) is 6.54 Å². The normalized spacial score (nSPS) is 10.6. The third-order valence-corrected chi connectivity index (χ3v) is 4.24. The fourth-order valence-electron chi connectivity index (χ4n) is 2.88. The molecule has 1 aromatic carbocycles. The second-order valence-corrected chi connectivity index (χ2v) is 6.24. The van der Waals surface area contributed by atoms with Crippen molar-refractivity contribution in [3.05, 3.63) is 51.3 Å². The Balaban J connectivity index is 2.30. The lowest BCUT2D eigenvalue weighted by atomic mass is 10.1. The topological polar surface area (TPSA) is 62.4 Å². The number of H-pyrrole nitrogens is 1. The summed E-state index contributed by atoms with van der Waals surface area (Å²) in [5, 5.41) is 0.581. The van der Waals surface area contributed by atoms with E-state index in [0.29, 0.717) is 39.8 Å². The maximum Gasteiger partial charge on any atom is 0.270 e. The van der Waals surface area contributed by atoms with Gasteiger partial charge in [0.25, 0.3) is 5.91 Å². The van der Waals surface area contributed by atoms with Crippen molar-refractivity contribution < 1.29 is 14.3 Å². The Labute approximate surface area is 146 Å². The Hall–Kier alpha value is -2.27. The Morgan fingerprint density at radius 1 is 1.29 bits per heavy atom. The summed E-state index contributed by atoms with van der Waals surface area (Å²) in [5.74, 6) is 0.424. The van der Waals surface area contributed by atoms with Crippen molar-refractivity contribution in [1.29, 1.82) is 0 Å². The first-order valence-electron chi connectivity index (χ1n) is 7.54. The number of nitrogens with zero attached hydrogens (tertiary/aromatic N) is 1. The number of ether oxygens (including phenoxy) is 1. The van der Waals surface area contributed by atoms with Crippen LogP contribution in [0.2, 0.25) is 5.02 Å². The Kier molecular flexibility index (Phi) is 5.34. The number of carbonyl (C=O) groups excluding carboxylic acids is 2. The van der Waals surface area contributed by atoms with Crippen molar-refractivity contribution in [1.82, 2.24) is 9.88 Å². The first-order valence-corrected chi connectivity index (χ1v) is 7.92. The van der Waals surface area contributed by atoms with Crippen LogP contribution in [0.15, 0.2) is 18.2 Å². The predicted molar refractivity (Wildman–Crippen MR) is 94.1 cm³/mol. The smallest absolute Gasteiger partial charge is 0.270 e. The number of halogens is 1. The molecule has 0 radical (unpaired) electrons. The lowest BCUT2D eigenvalue weighted by Crippen LogP contribution is -2.27. The van der Waals surface area contributed by atoms with Crippen LogP contribution in [0, 0.1) is 13.8 Å². The molecule has 1 N–H and O–H groups in total. The van der Waals surface area contributed by atoms with E-state index in [0.717, 1.165) is 5.56 Å². The molecule has 1 aromatic heterocycles.